The zero-order chi connectivity index (χ0) is 6.24. The van der Waals surface area contributed by atoms with E-state index in [1.165, 1.54) is 0 Å². The number of rotatable bonds is 1. The molecule has 0 aliphatic rings. The highest BCUT2D eigenvalue weighted by molar-refractivity contribution is 5.03. The lowest BCUT2D eigenvalue weighted by molar-refractivity contribution is 0.982. The molecule has 0 aromatic rings. The largest absolute Gasteiger partial charge is 0.197 e. The average molecular weight is 107 g/mol. The summed E-state index contributed by atoms with van der Waals surface area (Å²) in [6, 6.07) is 1.95. The minimum Gasteiger partial charge on any atom is -0.197 e. The molecular formula is C7H9N. The van der Waals surface area contributed by atoms with Gasteiger partial charge in [0.1, 0.15) is 0 Å². The van der Waals surface area contributed by atoms with Crippen LogP contribution in [0, 0.1) is 23.2 Å². The first kappa shape index (κ1) is 7.05. The lowest BCUT2D eigenvalue weighted by atomic mass is 10.3. The van der Waals surface area contributed by atoms with Gasteiger partial charge >= 0.3 is 0 Å². The maximum atomic E-state index is 8.01. The van der Waals surface area contributed by atoms with Crippen molar-refractivity contribution in [3.8, 4) is 17.9 Å². The van der Waals surface area contributed by atoms with Crippen molar-refractivity contribution in [2.75, 3.05) is 0 Å². The van der Waals surface area contributed by atoms with Gasteiger partial charge in [-0.15, -0.1) is 5.92 Å². The van der Waals surface area contributed by atoms with Crippen LogP contribution in [0.4, 0.5) is 0 Å². The molecule has 0 heterocycles. The second kappa shape index (κ2) is 6.05. The van der Waals surface area contributed by atoms with Gasteiger partial charge in [-0.1, -0.05) is 12.8 Å². The molecule has 0 saturated carbocycles. The van der Waals surface area contributed by atoms with E-state index < -0.39 is 0 Å². The summed E-state index contributed by atoms with van der Waals surface area (Å²) in [5.41, 5.74) is 0. The van der Waals surface area contributed by atoms with E-state index in [1.54, 1.807) is 0 Å². The molecular weight excluding hydrogens is 98.1 g/mol. The number of hydrogen-bond donors (Lipinski definition) is 0. The Morgan fingerprint density at radius 3 is 2.62 bits per heavy atom. The lowest BCUT2D eigenvalue weighted by Gasteiger charge is -1.73. The molecule has 0 rings (SSSR count). The second-order valence-corrected chi connectivity index (χ2v) is 1.44. The van der Waals surface area contributed by atoms with Crippen molar-refractivity contribution in [2.24, 2.45) is 0 Å². The second-order valence-electron chi connectivity index (χ2n) is 1.44. The molecule has 0 aromatic heterocycles. The molecule has 42 valence electrons. The molecule has 8 heavy (non-hydrogen) atoms. The summed E-state index contributed by atoms with van der Waals surface area (Å²) in [7, 11) is 0. The predicted octanol–water partition coefficient (Wildman–Crippen LogP) is 1.70. The summed E-state index contributed by atoms with van der Waals surface area (Å²) in [5, 5.41) is 8.01. The van der Waals surface area contributed by atoms with Crippen molar-refractivity contribution >= 4 is 0 Å². The SMILES string of the molecule is CCCC#CCC#N. The van der Waals surface area contributed by atoms with Crippen LogP contribution in [0.2, 0.25) is 0 Å². The number of unbranched alkanes of at least 4 members (excludes halogenated alkanes) is 1. The zero-order valence-electron chi connectivity index (χ0n) is 5.07. The van der Waals surface area contributed by atoms with Gasteiger partial charge in [0.2, 0.25) is 0 Å². The highest BCUT2D eigenvalue weighted by Gasteiger charge is 1.68. The van der Waals surface area contributed by atoms with E-state index in [9.17, 15) is 0 Å². The molecule has 0 fully saturated rings. The van der Waals surface area contributed by atoms with E-state index in [-0.39, 0.29) is 0 Å². The fraction of sp³-hybridized carbons (Fsp3) is 0.571. The van der Waals surface area contributed by atoms with E-state index in [0.29, 0.717) is 6.42 Å². The molecule has 0 radical (unpaired) electrons. The van der Waals surface area contributed by atoms with Crippen LogP contribution in [0.1, 0.15) is 26.2 Å². The Morgan fingerprint density at radius 2 is 2.12 bits per heavy atom. The van der Waals surface area contributed by atoms with Gasteiger partial charge in [0, 0.05) is 6.42 Å². The lowest BCUT2D eigenvalue weighted by Crippen LogP contribution is -1.61. The topological polar surface area (TPSA) is 23.8 Å². The van der Waals surface area contributed by atoms with Crippen molar-refractivity contribution < 1.29 is 0 Å². The van der Waals surface area contributed by atoms with Gasteiger partial charge in [-0.25, -0.2) is 0 Å². The van der Waals surface area contributed by atoms with Crippen LogP contribution in [0.3, 0.4) is 0 Å². The highest BCUT2D eigenvalue weighted by Crippen LogP contribution is 1.81. The summed E-state index contributed by atoms with van der Waals surface area (Å²) < 4.78 is 0. The van der Waals surface area contributed by atoms with Gasteiger partial charge < -0.3 is 0 Å². The normalized spacial score (nSPS) is 6.50. The van der Waals surface area contributed by atoms with Crippen molar-refractivity contribution in [2.45, 2.75) is 26.2 Å². The molecule has 0 N–H and O–H groups in total. The number of hydrogen-bond acceptors (Lipinski definition) is 1. The van der Waals surface area contributed by atoms with Crippen molar-refractivity contribution in [3.63, 3.8) is 0 Å². The van der Waals surface area contributed by atoms with Gasteiger partial charge in [0.15, 0.2) is 0 Å². The van der Waals surface area contributed by atoms with Crippen LogP contribution in [0.15, 0.2) is 0 Å². The Balaban J connectivity index is 3.11. The van der Waals surface area contributed by atoms with Gasteiger partial charge in [-0.2, -0.15) is 5.26 Å². The number of nitriles is 1. The third-order valence-corrected chi connectivity index (χ3v) is 0.667. The van der Waals surface area contributed by atoms with Crippen LogP contribution in [0.25, 0.3) is 0 Å². The van der Waals surface area contributed by atoms with Gasteiger partial charge in [0.25, 0.3) is 0 Å². The average Bonchev–Trinajstić information content (AvgIpc) is 1.81. The Kier molecular flexibility index (Phi) is 5.33. The first-order valence-corrected chi connectivity index (χ1v) is 2.74. The first-order valence-electron chi connectivity index (χ1n) is 2.74. The van der Waals surface area contributed by atoms with Gasteiger partial charge in [0.05, 0.1) is 12.5 Å². The van der Waals surface area contributed by atoms with E-state index in [1.807, 2.05) is 6.07 Å². The first-order chi connectivity index (χ1) is 3.91. The summed E-state index contributed by atoms with van der Waals surface area (Å²) in [6.07, 6.45) is 2.38. The minimum absolute atomic E-state index is 0.375. The monoisotopic (exact) mass is 107 g/mol. The smallest absolute Gasteiger partial charge is 0.0962 e. The molecule has 0 aromatic carbocycles. The van der Waals surface area contributed by atoms with Crippen molar-refractivity contribution in [1.29, 1.82) is 5.26 Å². The van der Waals surface area contributed by atoms with Gasteiger partial charge in [-0.3, -0.25) is 0 Å². The summed E-state index contributed by atoms with van der Waals surface area (Å²) >= 11 is 0. The quantitative estimate of drug-likeness (QED) is 0.468. The maximum absolute atomic E-state index is 8.01. The zero-order valence-corrected chi connectivity index (χ0v) is 5.07. The molecule has 0 amide bonds. The Bertz CT molecular complexity index is 131. The van der Waals surface area contributed by atoms with Crippen molar-refractivity contribution in [3.05, 3.63) is 0 Å². The van der Waals surface area contributed by atoms with Gasteiger partial charge in [-0.05, 0) is 6.42 Å². The van der Waals surface area contributed by atoms with Crippen molar-refractivity contribution in [1.82, 2.24) is 0 Å². The Labute approximate surface area is 50.3 Å². The third-order valence-electron chi connectivity index (χ3n) is 0.667. The van der Waals surface area contributed by atoms with E-state index in [0.717, 1.165) is 12.8 Å². The molecule has 0 unspecified atom stereocenters. The molecule has 0 aliphatic heterocycles. The molecule has 0 saturated heterocycles. The van der Waals surface area contributed by atoms with E-state index in [2.05, 4.69) is 18.8 Å². The van der Waals surface area contributed by atoms with E-state index >= 15 is 0 Å². The van der Waals surface area contributed by atoms with E-state index in [4.69, 9.17) is 5.26 Å². The van der Waals surface area contributed by atoms with Crippen LogP contribution < -0.4 is 0 Å². The third kappa shape index (κ3) is 5.05. The standard InChI is InChI=1S/C7H9N/c1-2-3-4-5-6-7-8/h2-3,6H2,1H3. The van der Waals surface area contributed by atoms with Crippen LogP contribution in [0.5, 0.6) is 0 Å². The maximum Gasteiger partial charge on any atom is 0.0962 e. The van der Waals surface area contributed by atoms with Crippen LogP contribution in [-0.2, 0) is 0 Å². The fourth-order valence-electron chi connectivity index (χ4n) is 0.315. The van der Waals surface area contributed by atoms with Crippen LogP contribution >= 0.6 is 0 Å². The summed E-state index contributed by atoms with van der Waals surface area (Å²) in [6.45, 7) is 2.07. The highest BCUT2D eigenvalue weighted by atomic mass is 14.2. The molecule has 1 nitrogen and oxygen atoms in total. The fourth-order valence-corrected chi connectivity index (χ4v) is 0.315. The minimum atomic E-state index is 0.375. The summed E-state index contributed by atoms with van der Waals surface area (Å²) in [4.78, 5) is 0. The molecule has 0 spiro atoms. The molecule has 0 atom stereocenters. The Morgan fingerprint density at radius 1 is 1.38 bits per heavy atom. The molecule has 0 bridgehead atoms. The van der Waals surface area contributed by atoms with Crippen LogP contribution in [-0.4, -0.2) is 0 Å². The summed E-state index contributed by atoms with van der Waals surface area (Å²) in [5.74, 6) is 5.59. The predicted molar refractivity (Wildman–Crippen MR) is 32.9 cm³/mol. The molecule has 0 aliphatic carbocycles. The Hall–Kier alpha value is -0.950. The number of nitrogens with zero attached hydrogens (tertiary/aromatic N) is 1. The molecule has 1 heteroatoms.